The van der Waals surface area contributed by atoms with Gasteiger partial charge in [0.1, 0.15) is 0 Å². The van der Waals surface area contributed by atoms with Crippen molar-refractivity contribution in [1.29, 1.82) is 0 Å². The largest absolute Gasteiger partial charge is 2.00 e. The second-order valence-corrected chi connectivity index (χ2v) is 2.59. The van der Waals surface area contributed by atoms with Gasteiger partial charge in [0.05, 0.1) is 0 Å². The van der Waals surface area contributed by atoms with Crippen LogP contribution in [-0.2, 0) is 43.0 Å². The Kier molecular flexibility index (Phi) is 26.1. The molecule has 0 aromatic rings. The van der Waals surface area contributed by atoms with Gasteiger partial charge in [-0.1, -0.05) is 0 Å². The Labute approximate surface area is 112 Å². The van der Waals surface area contributed by atoms with E-state index < -0.39 is 32.0 Å². The molecule has 0 heterocycles. The molecule has 11 heavy (non-hydrogen) atoms. The molecule has 0 aliphatic carbocycles. The van der Waals surface area contributed by atoms with Crippen LogP contribution in [0.25, 0.3) is 0 Å². The summed E-state index contributed by atoms with van der Waals surface area (Å²) in [4.78, 5) is 0. The first-order valence-electron chi connectivity index (χ1n) is 1.23. The molecular weight excluding hydrogens is 629 g/mol. The van der Waals surface area contributed by atoms with E-state index in [1.165, 1.54) is 0 Å². The molecule has 0 N–H and O–H groups in total. The Morgan fingerprint density at radius 1 is 1.00 bits per heavy atom. The van der Waals surface area contributed by atoms with E-state index in [1.54, 1.807) is 0 Å². The molecule has 4 radical (unpaired) electrons. The van der Waals surface area contributed by atoms with Crippen LogP contribution in [0.2, 0.25) is 0 Å². The van der Waals surface area contributed by atoms with Crippen LogP contribution >= 0.6 is 0 Å². The van der Waals surface area contributed by atoms with E-state index in [1.807, 2.05) is 0 Å². The Bertz CT molecular complexity index is 159. The minimum atomic E-state index is -5.62. The van der Waals surface area contributed by atoms with Crippen LogP contribution in [0.5, 0.6) is 0 Å². The van der Waals surface area contributed by atoms with E-state index in [4.69, 9.17) is 26.7 Å². The van der Waals surface area contributed by atoms with Gasteiger partial charge in [0.15, 0.2) is 0 Å². The fraction of sp³-hybridized carbons (Fsp3) is 0. The molecule has 0 spiro atoms. The molecule has 0 rings (SSSR count). The summed E-state index contributed by atoms with van der Waals surface area (Å²) in [6.45, 7) is 0. The van der Waals surface area contributed by atoms with Crippen LogP contribution in [0.4, 0.5) is 0 Å². The zero-order valence-corrected chi connectivity index (χ0v) is 15.3. The molecule has 0 aromatic carbocycles. The van der Waals surface area contributed by atoms with Crippen LogP contribution in [0.1, 0.15) is 0 Å². The molecule has 0 saturated carbocycles. The molecule has 0 atom stereocenters. The van der Waals surface area contributed by atoms with Gasteiger partial charge in [-0.15, -0.1) is 0 Å². The van der Waals surface area contributed by atoms with Crippen molar-refractivity contribution in [2.45, 2.75) is 0 Å². The molecule has 0 unspecified atom stereocenters. The third-order valence-corrected chi connectivity index (χ3v) is 0. The molecular formula is MnO7Pb2Ti. The van der Waals surface area contributed by atoms with E-state index in [0.29, 0.717) is 0 Å². The summed E-state index contributed by atoms with van der Waals surface area (Å²) in [5.74, 6) is 0. The van der Waals surface area contributed by atoms with E-state index in [0.717, 1.165) is 0 Å². The van der Waals surface area contributed by atoms with Gasteiger partial charge in [0.25, 0.3) is 0 Å². The van der Waals surface area contributed by atoms with Crippen LogP contribution in [-0.4, -0.2) is 54.6 Å². The van der Waals surface area contributed by atoms with Gasteiger partial charge in [-0.2, -0.15) is 0 Å². The standard InChI is InChI=1S/Mn.7O.2Pb.Ti/q;;;;4*-1;2*+2;. The predicted octanol–water partition coefficient (Wildman–Crippen LogP) is -5.88. The van der Waals surface area contributed by atoms with Crippen LogP contribution in [0.3, 0.4) is 0 Å². The zero-order chi connectivity index (χ0) is 8.08. The van der Waals surface area contributed by atoms with E-state index in [9.17, 15) is 0 Å². The molecule has 0 aromatic heterocycles. The molecule has 0 aliphatic rings. The smallest absolute Gasteiger partial charge is 2.00 e. The van der Waals surface area contributed by atoms with Crippen molar-refractivity contribution in [3.05, 3.63) is 0 Å². The van der Waals surface area contributed by atoms with Gasteiger partial charge in [0.2, 0.25) is 0 Å². The van der Waals surface area contributed by atoms with Crippen molar-refractivity contribution < 1.29 is 58.7 Å². The van der Waals surface area contributed by atoms with Crippen molar-refractivity contribution in [3.63, 3.8) is 0 Å². The van der Waals surface area contributed by atoms with Crippen LogP contribution < -0.4 is 15.8 Å². The first kappa shape index (κ1) is 23.3. The van der Waals surface area contributed by atoms with Crippen molar-refractivity contribution in [2.75, 3.05) is 0 Å². The van der Waals surface area contributed by atoms with Crippen molar-refractivity contribution in [3.8, 4) is 0 Å². The SMILES string of the molecule is [O]=[Mn](=[O])([O-])[O-].[O]=[Ti]([O-])[O-].[Pb+2].[Pb+2]. The maximum Gasteiger partial charge on any atom is 2.00 e. The maximum atomic E-state index is 8.58. The first-order chi connectivity index (χ1) is 3.73. The molecule has 61 valence electrons. The molecule has 0 fully saturated rings. The van der Waals surface area contributed by atoms with Crippen LogP contribution in [0, 0.1) is 0 Å². The monoisotopic (exact) mass is 631 g/mol. The molecule has 11 heteroatoms. The zero-order valence-electron chi connectivity index (χ0n) is 4.74. The van der Waals surface area contributed by atoms with Crippen molar-refractivity contribution >= 4 is 54.6 Å². The van der Waals surface area contributed by atoms with Crippen molar-refractivity contribution in [2.24, 2.45) is 0 Å². The quantitative estimate of drug-likeness (QED) is 0.243. The maximum absolute atomic E-state index is 8.58. The van der Waals surface area contributed by atoms with Crippen molar-refractivity contribution in [1.82, 2.24) is 0 Å². The minimum absolute atomic E-state index is 0. The fourth-order valence-electron chi connectivity index (χ4n) is 0. The topological polar surface area (TPSA) is 143 Å². The van der Waals surface area contributed by atoms with Gasteiger partial charge in [0, 0.05) is 0 Å². The van der Waals surface area contributed by atoms with E-state index in [-0.39, 0.29) is 54.6 Å². The summed E-state index contributed by atoms with van der Waals surface area (Å²) in [5, 5.41) is 0. The predicted molar refractivity (Wildman–Crippen MR) is 13.6 cm³/mol. The Hall–Kier alpha value is 2.32. The average molecular weight is 629 g/mol. The Balaban J connectivity index is -0.0000000383. The second kappa shape index (κ2) is 12.3. The molecule has 7 nitrogen and oxygen atoms in total. The summed E-state index contributed by atoms with van der Waals surface area (Å²) in [7, 11) is 0. The average Bonchev–Trinajstić information content (AvgIpc) is 1.19. The van der Waals surface area contributed by atoms with E-state index >= 15 is 0 Å². The molecule has 0 saturated heterocycles. The molecule has 0 aliphatic heterocycles. The summed E-state index contributed by atoms with van der Waals surface area (Å²) >= 11 is -9.71. The van der Waals surface area contributed by atoms with Gasteiger partial charge >= 0.3 is 113 Å². The third-order valence-electron chi connectivity index (χ3n) is 0. The normalized spacial score (nSPS) is 7.64. The Morgan fingerprint density at radius 3 is 1.00 bits per heavy atom. The van der Waals surface area contributed by atoms with E-state index in [2.05, 4.69) is 0 Å². The summed E-state index contributed by atoms with van der Waals surface area (Å²) in [6.07, 6.45) is 0. The fourth-order valence-corrected chi connectivity index (χ4v) is 0. The van der Waals surface area contributed by atoms with Gasteiger partial charge in [-0.25, -0.2) is 0 Å². The van der Waals surface area contributed by atoms with Gasteiger partial charge in [-0.3, -0.25) is 0 Å². The summed E-state index contributed by atoms with van der Waals surface area (Å²) < 4.78 is 60.1. The number of rotatable bonds is 0. The van der Waals surface area contributed by atoms with Crippen LogP contribution in [0.15, 0.2) is 0 Å². The van der Waals surface area contributed by atoms with Gasteiger partial charge in [-0.05, 0) is 0 Å². The minimum Gasteiger partial charge on any atom is 2.00 e. The number of hydrogen-bond donors (Lipinski definition) is 0. The first-order valence-corrected chi connectivity index (χ1v) is 5.07. The Morgan fingerprint density at radius 2 is 1.00 bits per heavy atom. The van der Waals surface area contributed by atoms with Gasteiger partial charge < -0.3 is 0 Å². The summed E-state index contributed by atoms with van der Waals surface area (Å²) in [5.41, 5.74) is 0. The molecule has 0 bridgehead atoms. The summed E-state index contributed by atoms with van der Waals surface area (Å²) in [6, 6.07) is 0. The third kappa shape index (κ3) is 244. The second-order valence-electron chi connectivity index (χ2n) is 0.628. The molecule has 0 amide bonds. The number of hydrogen-bond acceptors (Lipinski definition) is 7.